The van der Waals surface area contributed by atoms with Crippen molar-refractivity contribution >= 4 is 32.5 Å². The van der Waals surface area contributed by atoms with E-state index in [1.807, 2.05) is 13.8 Å². The second-order valence-corrected chi connectivity index (χ2v) is 10.1. The third-order valence-electron chi connectivity index (χ3n) is 5.01. The number of benzene rings is 1. The van der Waals surface area contributed by atoms with Gasteiger partial charge in [-0.1, -0.05) is 32.0 Å². The van der Waals surface area contributed by atoms with Gasteiger partial charge in [0.1, 0.15) is 0 Å². The van der Waals surface area contributed by atoms with E-state index in [2.05, 4.69) is 5.10 Å². The van der Waals surface area contributed by atoms with Crippen LogP contribution in [0.15, 0.2) is 29.1 Å². The van der Waals surface area contributed by atoms with Gasteiger partial charge >= 0.3 is 5.97 Å². The summed E-state index contributed by atoms with van der Waals surface area (Å²) < 4.78 is 29.9. The molecule has 1 aromatic heterocycles. The first-order chi connectivity index (χ1) is 14.1. The van der Waals surface area contributed by atoms with Crippen molar-refractivity contribution in [3.8, 4) is 0 Å². The first-order valence-electron chi connectivity index (χ1n) is 9.72. The predicted molar refractivity (Wildman–Crippen MR) is 111 cm³/mol. The van der Waals surface area contributed by atoms with Crippen LogP contribution < -0.4 is 5.56 Å². The molecular weight excluding hydrogens is 410 g/mol. The van der Waals surface area contributed by atoms with Gasteiger partial charge in [0.15, 0.2) is 22.1 Å². The second-order valence-electron chi connectivity index (χ2n) is 7.90. The van der Waals surface area contributed by atoms with Crippen LogP contribution >= 0.6 is 0 Å². The van der Waals surface area contributed by atoms with Gasteiger partial charge in [-0.3, -0.25) is 9.59 Å². The van der Waals surface area contributed by atoms with Crippen LogP contribution in [0.2, 0.25) is 0 Å². The summed E-state index contributed by atoms with van der Waals surface area (Å²) in [6.45, 7) is 3.70. The maximum absolute atomic E-state index is 12.8. The molecule has 1 fully saturated rings. The topological polar surface area (TPSA) is 116 Å². The maximum atomic E-state index is 12.8. The quantitative estimate of drug-likeness (QED) is 0.615. The second kappa shape index (κ2) is 8.55. The molecule has 0 N–H and O–H groups in total. The average molecular weight is 436 g/mol. The standard InChI is InChI=1S/C20H25N3O6S/c1-13(2)10-23(14-8-9-30(27,28)12-14)17(24)11-29-20(26)18-15-6-4-5-7-16(15)19(25)22(3)21-18/h4-7,13-14H,8-12H2,1-3H3. The lowest BCUT2D eigenvalue weighted by atomic mass is 10.1. The summed E-state index contributed by atoms with van der Waals surface area (Å²) in [5.41, 5.74) is -0.400. The SMILES string of the molecule is CC(C)CN(C(=O)COC(=O)c1nn(C)c(=O)c2ccccc12)C1CCS(=O)(=O)C1. The summed E-state index contributed by atoms with van der Waals surface area (Å²) in [6, 6.07) is 6.13. The molecule has 30 heavy (non-hydrogen) atoms. The molecule has 162 valence electrons. The molecule has 3 rings (SSSR count). The number of hydrogen-bond acceptors (Lipinski definition) is 7. The van der Waals surface area contributed by atoms with E-state index in [1.54, 1.807) is 24.3 Å². The van der Waals surface area contributed by atoms with E-state index < -0.39 is 34.4 Å². The van der Waals surface area contributed by atoms with Crippen molar-refractivity contribution in [2.75, 3.05) is 24.7 Å². The Morgan fingerprint density at radius 3 is 2.53 bits per heavy atom. The number of carbonyl (C=O) groups excluding carboxylic acids is 2. The van der Waals surface area contributed by atoms with Crippen LogP contribution in [0.25, 0.3) is 10.8 Å². The molecule has 1 unspecified atom stereocenters. The molecule has 1 amide bonds. The van der Waals surface area contributed by atoms with Gasteiger partial charge in [-0.15, -0.1) is 0 Å². The largest absolute Gasteiger partial charge is 0.451 e. The molecule has 0 spiro atoms. The molecule has 10 heteroatoms. The summed E-state index contributed by atoms with van der Waals surface area (Å²) in [7, 11) is -1.73. The lowest BCUT2D eigenvalue weighted by Gasteiger charge is -2.29. The molecule has 9 nitrogen and oxygen atoms in total. The Hall–Kier alpha value is -2.75. The normalized spacial score (nSPS) is 17.9. The van der Waals surface area contributed by atoms with Crippen molar-refractivity contribution in [2.24, 2.45) is 13.0 Å². The highest BCUT2D eigenvalue weighted by atomic mass is 32.2. The van der Waals surface area contributed by atoms with Crippen LogP contribution in [0.3, 0.4) is 0 Å². The minimum Gasteiger partial charge on any atom is -0.451 e. The zero-order valence-electron chi connectivity index (χ0n) is 17.2. The molecule has 1 aliphatic heterocycles. The van der Waals surface area contributed by atoms with Gasteiger partial charge in [-0.2, -0.15) is 5.10 Å². The number of ether oxygens (including phenoxy) is 1. The van der Waals surface area contributed by atoms with Crippen molar-refractivity contribution in [3.05, 3.63) is 40.3 Å². The Labute approximate surface area is 174 Å². The van der Waals surface area contributed by atoms with E-state index >= 15 is 0 Å². The Balaban J connectivity index is 1.78. The number of amides is 1. The van der Waals surface area contributed by atoms with Crippen molar-refractivity contribution in [1.82, 2.24) is 14.7 Å². The highest BCUT2D eigenvalue weighted by molar-refractivity contribution is 7.91. The van der Waals surface area contributed by atoms with E-state index in [-0.39, 0.29) is 28.7 Å². The van der Waals surface area contributed by atoms with E-state index in [9.17, 15) is 22.8 Å². The van der Waals surface area contributed by atoms with Gasteiger partial charge < -0.3 is 9.64 Å². The molecule has 0 radical (unpaired) electrons. The molecular formula is C20H25N3O6S. The zero-order valence-corrected chi connectivity index (χ0v) is 18.0. The number of aryl methyl sites for hydroxylation is 1. The number of sulfone groups is 1. The van der Waals surface area contributed by atoms with Crippen LogP contribution in [0, 0.1) is 5.92 Å². The number of aromatic nitrogens is 2. The first-order valence-corrected chi connectivity index (χ1v) is 11.5. The number of carbonyl (C=O) groups is 2. The molecule has 0 bridgehead atoms. The zero-order chi connectivity index (χ0) is 22.1. The maximum Gasteiger partial charge on any atom is 0.359 e. The van der Waals surface area contributed by atoms with Crippen molar-refractivity contribution in [3.63, 3.8) is 0 Å². The van der Waals surface area contributed by atoms with Crippen LogP contribution in [0.4, 0.5) is 0 Å². The minimum atomic E-state index is -3.16. The van der Waals surface area contributed by atoms with Crippen molar-refractivity contribution < 1.29 is 22.7 Å². The van der Waals surface area contributed by atoms with Crippen LogP contribution in [-0.4, -0.2) is 65.7 Å². The fourth-order valence-electron chi connectivity index (χ4n) is 3.60. The average Bonchev–Trinajstić information content (AvgIpc) is 3.06. The molecule has 0 aliphatic carbocycles. The Morgan fingerprint density at radius 1 is 1.27 bits per heavy atom. The number of nitrogens with zero attached hydrogens (tertiary/aromatic N) is 3. The fraction of sp³-hybridized carbons (Fsp3) is 0.500. The highest BCUT2D eigenvalue weighted by Gasteiger charge is 2.35. The molecule has 2 aromatic rings. The van der Waals surface area contributed by atoms with E-state index in [0.29, 0.717) is 23.7 Å². The van der Waals surface area contributed by atoms with Gasteiger partial charge in [-0.25, -0.2) is 17.9 Å². The van der Waals surface area contributed by atoms with Crippen LogP contribution in [0.5, 0.6) is 0 Å². The number of fused-ring (bicyclic) bond motifs is 1. The molecule has 1 aromatic carbocycles. The fourth-order valence-corrected chi connectivity index (χ4v) is 5.33. The highest BCUT2D eigenvalue weighted by Crippen LogP contribution is 2.20. The Morgan fingerprint density at radius 2 is 1.93 bits per heavy atom. The monoisotopic (exact) mass is 435 g/mol. The summed E-state index contributed by atoms with van der Waals surface area (Å²) in [6.07, 6.45) is 0.377. The van der Waals surface area contributed by atoms with Crippen LogP contribution in [-0.2, 0) is 26.4 Å². The molecule has 2 heterocycles. The van der Waals surface area contributed by atoms with Gasteiger partial charge in [-0.05, 0) is 18.4 Å². The lowest BCUT2D eigenvalue weighted by Crippen LogP contribution is -2.45. The van der Waals surface area contributed by atoms with Crippen molar-refractivity contribution in [1.29, 1.82) is 0 Å². The minimum absolute atomic E-state index is 0.0489. The van der Waals surface area contributed by atoms with E-state index in [4.69, 9.17) is 4.74 Å². The summed E-state index contributed by atoms with van der Waals surface area (Å²) in [5.74, 6) is -1.17. The number of hydrogen-bond donors (Lipinski definition) is 0. The Bertz CT molecular complexity index is 1140. The molecule has 1 atom stereocenters. The van der Waals surface area contributed by atoms with E-state index in [1.165, 1.54) is 11.9 Å². The van der Waals surface area contributed by atoms with Crippen LogP contribution in [0.1, 0.15) is 30.8 Å². The molecule has 1 aliphatic rings. The number of rotatable bonds is 6. The third-order valence-corrected chi connectivity index (χ3v) is 6.76. The van der Waals surface area contributed by atoms with Gasteiger partial charge in [0, 0.05) is 25.0 Å². The van der Waals surface area contributed by atoms with Crippen molar-refractivity contribution in [2.45, 2.75) is 26.3 Å². The lowest BCUT2D eigenvalue weighted by molar-refractivity contribution is -0.137. The summed E-state index contributed by atoms with van der Waals surface area (Å²) in [5, 5.41) is 4.67. The summed E-state index contributed by atoms with van der Waals surface area (Å²) >= 11 is 0. The van der Waals surface area contributed by atoms with Gasteiger partial charge in [0.25, 0.3) is 11.5 Å². The summed E-state index contributed by atoms with van der Waals surface area (Å²) in [4.78, 5) is 39.1. The van der Waals surface area contributed by atoms with Gasteiger partial charge in [0.2, 0.25) is 0 Å². The third kappa shape index (κ3) is 4.69. The van der Waals surface area contributed by atoms with E-state index in [0.717, 1.165) is 4.68 Å². The molecule has 1 saturated heterocycles. The van der Waals surface area contributed by atoms with Gasteiger partial charge in [0.05, 0.1) is 16.9 Å². The smallest absolute Gasteiger partial charge is 0.359 e. The number of esters is 1. The Kier molecular flexibility index (Phi) is 6.25. The predicted octanol–water partition coefficient (Wildman–Crippen LogP) is 0.762. The molecule has 0 saturated carbocycles. The first kappa shape index (κ1) is 21.9.